The number of halogens is 1. The first kappa shape index (κ1) is 21.7. The number of anilines is 1. The van der Waals surface area contributed by atoms with E-state index in [2.05, 4.69) is 15.5 Å². The SMILES string of the molecule is CC(C)(C)OC(=O)C1CC(N2CC(c3ccc(NC4CCC(=O)NC4=O)cc3F)C2)C1. The van der Waals surface area contributed by atoms with Crippen LogP contribution in [0.4, 0.5) is 10.1 Å². The van der Waals surface area contributed by atoms with E-state index in [1.807, 2.05) is 20.8 Å². The number of esters is 1. The second-order valence-corrected chi connectivity index (χ2v) is 9.89. The zero-order valence-corrected chi connectivity index (χ0v) is 18.2. The van der Waals surface area contributed by atoms with Crippen LogP contribution in [0.15, 0.2) is 18.2 Å². The number of amides is 2. The van der Waals surface area contributed by atoms with Gasteiger partial charge >= 0.3 is 5.97 Å². The van der Waals surface area contributed by atoms with Gasteiger partial charge in [0.1, 0.15) is 17.5 Å². The molecule has 2 saturated heterocycles. The van der Waals surface area contributed by atoms with Crippen molar-refractivity contribution in [2.24, 2.45) is 5.92 Å². The maximum atomic E-state index is 14.7. The van der Waals surface area contributed by atoms with Crippen LogP contribution < -0.4 is 10.6 Å². The highest BCUT2D eigenvalue weighted by Crippen LogP contribution is 2.40. The Labute approximate surface area is 181 Å². The summed E-state index contributed by atoms with van der Waals surface area (Å²) >= 11 is 0. The second-order valence-electron chi connectivity index (χ2n) is 9.89. The van der Waals surface area contributed by atoms with E-state index in [1.54, 1.807) is 12.1 Å². The average molecular weight is 432 g/mol. The fraction of sp³-hybridized carbons (Fsp3) is 0.609. The molecule has 1 atom stereocenters. The molecule has 1 aromatic rings. The van der Waals surface area contributed by atoms with Crippen LogP contribution in [0.5, 0.6) is 0 Å². The number of nitrogens with zero attached hydrogens (tertiary/aromatic N) is 1. The van der Waals surface area contributed by atoms with Gasteiger partial charge < -0.3 is 10.1 Å². The Bertz CT molecular complexity index is 885. The highest BCUT2D eigenvalue weighted by molar-refractivity contribution is 6.01. The molecule has 168 valence electrons. The second kappa shape index (κ2) is 8.22. The molecule has 0 radical (unpaired) electrons. The molecule has 3 fully saturated rings. The lowest BCUT2D eigenvalue weighted by Gasteiger charge is -2.50. The lowest BCUT2D eigenvalue weighted by atomic mass is 9.76. The van der Waals surface area contributed by atoms with Gasteiger partial charge in [0.15, 0.2) is 0 Å². The third-order valence-electron chi connectivity index (χ3n) is 6.30. The van der Waals surface area contributed by atoms with Gasteiger partial charge in [0.05, 0.1) is 5.92 Å². The summed E-state index contributed by atoms with van der Waals surface area (Å²) in [6, 6.07) is 4.82. The van der Waals surface area contributed by atoms with E-state index in [1.165, 1.54) is 6.07 Å². The Balaban J connectivity index is 1.25. The van der Waals surface area contributed by atoms with Gasteiger partial charge in [0, 0.05) is 37.2 Å². The Kier molecular flexibility index (Phi) is 5.77. The summed E-state index contributed by atoms with van der Waals surface area (Å²) in [6.07, 6.45) is 2.28. The Morgan fingerprint density at radius 2 is 1.94 bits per heavy atom. The van der Waals surface area contributed by atoms with Crippen LogP contribution in [0.2, 0.25) is 0 Å². The molecule has 2 amide bonds. The van der Waals surface area contributed by atoms with Crippen molar-refractivity contribution in [1.29, 1.82) is 0 Å². The van der Waals surface area contributed by atoms with Gasteiger partial charge in [-0.05, 0) is 57.7 Å². The minimum atomic E-state index is -0.529. The number of piperidine rings is 1. The predicted octanol–water partition coefficient (Wildman–Crippen LogP) is 2.56. The number of imide groups is 1. The van der Waals surface area contributed by atoms with Gasteiger partial charge in [0.2, 0.25) is 11.8 Å². The van der Waals surface area contributed by atoms with E-state index in [9.17, 15) is 18.8 Å². The Morgan fingerprint density at radius 3 is 2.55 bits per heavy atom. The molecule has 3 aliphatic rings. The summed E-state index contributed by atoms with van der Waals surface area (Å²) in [4.78, 5) is 37.5. The zero-order valence-electron chi connectivity index (χ0n) is 18.2. The molecule has 2 heterocycles. The van der Waals surface area contributed by atoms with Crippen molar-refractivity contribution in [3.05, 3.63) is 29.6 Å². The zero-order chi connectivity index (χ0) is 22.3. The molecule has 0 spiro atoms. The summed E-state index contributed by atoms with van der Waals surface area (Å²) < 4.78 is 20.2. The van der Waals surface area contributed by atoms with Gasteiger partial charge in [0.25, 0.3) is 0 Å². The van der Waals surface area contributed by atoms with Crippen molar-refractivity contribution in [2.45, 2.75) is 70.1 Å². The largest absolute Gasteiger partial charge is 0.460 e. The van der Waals surface area contributed by atoms with Crippen molar-refractivity contribution in [3.63, 3.8) is 0 Å². The molecule has 1 unspecified atom stereocenters. The minimum Gasteiger partial charge on any atom is -0.460 e. The molecule has 8 heteroatoms. The summed E-state index contributed by atoms with van der Waals surface area (Å²) in [6.45, 7) is 7.19. The lowest BCUT2D eigenvalue weighted by molar-refractivity contribution is -0.166. The van der Waals surface area contributed by atoms with Gasteiger partial charge in [-0.15, -0.1) is 0 Å². The average Bonchev–Trinajstić information content (AvgIpc) is 2.57. The van der Waals surface area contributed by atoms with Crippen LogP contribution in [-0.2, 0) is 19.1 Å². The highest BCUT2D eigenvalue weighted by Gasteiger charge is 2.44. The third-order valence-corrected chi connectivity index (χ3v) is 6.30. The minimum absolute atomic E-state index is 0.0300. The molecule has 0 bridgehead atoms. The van der Waals surface area contributed by atoms with E-state index in [0.717, 1.165) is 25.9 Å². The van der Waals surface area contributed by atoms with Crippen molar-refractivity contribution >= 4 is 23.5 Å². The number of nitrogens with one attached hydrogen (secondary N) is 2. The first-order chi connectivity index (χ1) is 14.6. The van der Waals surface area contributed by atoms with Crippen molar-refractivity contribution in [2.75, 3.05) is 18.4 Å². The normalized spacial score (nSPS) is 27.2. The molecule has 2 N–H and O–H groups in total. The van der Waals surface area contributed by atoms with Gasteiger partial charge in [-0.1, -0.05) is 6.07 Å². The topological polar surface area (TPSA) is 87.7 Å². The smallest absolute Gasteiger partial charge is 0.309 e. The third kappa shape index (κ3) is 4.89. The molecule has 1 saturated carbocycles. The quantitative estimate of drug-likeness (QED) is 0.550. The predicted molar refractivity (Wildman–Crippen MR) is 113 cm³/mol. The van der Waals surface area contributed by atoms with Crippen LogP contribution in [0.3, 0.4) is 0 Å². The number of benzene rings is 1. The number of likely N-dealkylation sites (tertiary alicyclic amines) is 1. The van der Waals surface area contributed by atoms with Crippen molar-refractivity contribution in [1.82, 2.24) is 10.2 Å². The van der Waals surface area contributed by atoms with Crippen LogP contribution in [0.25, 0.3) is 0 Å². The van der Waals surface area contributed by atoms with E-state index in [0.29, 0.717) is 23.7 Å². The first-order valence-electron chi connectivity index (χ1n) is 11.0. The fourth-order valence-corrected chi connectivity index (χ4v) is 4.45. The van der Waals surface area contributed by atoms with Gasteiger partial charge in [-0.2, -0.15) is 0 Å². The standard InChI is InChI=1S/C23H30FN3O4/c1-23(2,3)31-22(30)13-8-16(9-13)27-11-14(12-27)17-5-4-15(10-18(17)24)25-19-6-7-20(28)26-21(19)29/h4-5,10,13-14,16,19,25H,6-9,11-12H2,1-3H3,(H,26,28,29). The van der Waals surface area contributed by atoms with Gasteiger partial charge in [-0.3, -0.25) is 24.6 Å². The van der Waals surface area contributed by atoms with Crippen LogP contribution in [-0.4, -0.2) is 53.5 Å². The lowest BCUT2D eigenvalue weighted by Crippen LogP contribution is -2.56. The van der Waals surface area contributed by atoms with Crippen molar-refractivity contribution < 1.29 is 23.5 Å². The summed E-state index contributed by atoms with van der Waals surface area (Å²) in [7, 11) is 0. The Hall–Kier alpha value is -2.48. The maximum absolute atomic E-state index is 14.7. The van der Waals surface area contributed by atoms with E-state index < -0.39 is 11.6 Å². The maximum Gasteiger partial charge on any atom is 0.309 e. The number of carbonyl (C=O) groups is 3. The number of ether oxygens (including phenoxy) is 1. The summed E-state index contributed by atoms with van der Waals surface area (Å²) in [5.74, 6) is -0.959. The van der Waals surface area contributed by atoms with Crippen LogP contribution in [0, 0.1) is 11.7 Å². The van der Waals surface area contributed by atoms with Crippen LogP contribution >= 0.6 is 0 Å². The number of hydrogen-bond acceptors (Lipinski definition) is 6. The molecular weight excluding hydrogens is 401 g/mol. The molecule has 31 heavy (non-hydrogen) atoms. The van der Waals surface area contributed by atoms with Crippen LogP contribution in [0.1, 0.15) is 57.9 Å². The molecular formula is C23H30FN3O4. The summed E-state index contributed by atoms with van der Waals surface area (Å²) in [5, 5.41) is 5.30. The van der Waals surface area contributed by atoms with Crippen molar-refractivity contribution in [3.8, 4) is 0 Å². The number of hydrogen-bond donors (Lipinski definition) is 2. The van der Waals surface area contributed by atoms with E-state index in [-0.39, 0.29) is 41.9 Å². The molecule has 7 nitrogen and oxygen atoms in total. The number of rotatable bonds is 5. The van der Waals surface area contributed by atoms with E-state index in [4.69, 9.17) is 4.74 Å². The monoisotopic (exact) mass is 431 g/mol. The molecule has 2 aliphatic heterocycles. The number of carbonyl (C=O) groups excluding carboxylic acids is 3. The summed E-state index contributed by atoms with van der Waals surface area (Å²) in [5.41, 5.74) is 0.750. The first-order valence-corrected chi connectivity index (χ1v) is 11.0. The van der Waals surface area contributed by atoms with E-state index >= 15 is 0 Å². The van der Waals surface area contributed by atoms with Gasteiger partial charge in [-0.25, -0.2) is 4.39 Å². The molecule has 1 aromatic carbocycles. The Morgan fingerprint density at radius 1 is 1.23 bits per heavy atom. The fourth-order valence-electron chi connectivity index (χ4n) is 4.45. The highest BCUT2D eigenvalue weighted by atomic mass is 19.1. The molecule has 1 aliphatic carbocycles. The molecule has 4 rings (SSSR count). The molecule has 0 aromatic heterocycles.